The second kappa shape index (κ2) is 9.87. The van der Waals surface area contributed by atoms with Crippen LogP contribution in [-0.4, -0.2) is 24.5 Å². The molecule has 0 atom stereocenters. The van der Waals surface area contributed by atoms with Crippen LogP contribution in [0.25, 0.3) is 5.76 Å². The van der Waals surface area contributed by atoms with E-state index in [-0.39, 0.29) is 39.6 Å². The number of ketones is 1. The smallest absolute Gasteiger partial charge is 0.343 e. The Balaban J connectivity index is 1.74. The van der Waals surface area contributed by atoms with Crippen molar-refractivity contribution in [2.24, 2.45) is 0 Å². The van der Waals surface area contributed by atoms with Gasteiger partial charge in [-0.15, -0.1) is 0 Å². The first-order valence-corrected chi connectivity index (χ1v) is 13.1. The molecule has 184 valence electrons. The van der Waals surface area contributed by atoms with E-state index in [2.05, 4.69) is 0 Å². The number of sulfonamides is 1. The van der Waals surface area contributed by atoms with Crippen molar-refractivity contribution in [1.82, 2.24) is 4.31 Å². The van der Waals surface area contributed by atoms with Crippen LogP contribution in [0.1, 0.15) is 37.4 Å². The zero-order valence-electron chi connectivity index (χ0n) is 20.0. The Labute approximate surface area is 215 Å². The molecule has 0 radical (unpaired) electrons. The maximum Gasteiger partial charge on any atom is 0.343 e. The average molecular weight is 510 g/mol. The van der Waals surface area contributed by atoms with Gasteiger partial charge in [0.2, 0.25) is 5.78 Å². The van der Waals surface area contributed by atoms with E-state index < -0.39 is 21.8 Å². The van der Waals surface area contributed by atoms with Gasteiger partial charge in [0.05, 0.1) is 17.0 Å². The number of rotatable bonds is 6. The van der Waals surface area contributed by atoms with Gasteiger partial charge in [-0.1, -0.05) is 90.5 Å². The van der Waals surface area contributed by atoms with E-state index >= 15 is 0 Å². The molecule has 37 heavy (non-hydrogen) atoms. The number of carbonyl (C=O) groups is 2. The highest BCUT2D eigenvalue weighted by molar-refractivity contribution is 7.89. The molecule has 1 heterocycles. The highest BCUT2D eigenvalue weighted by Crippen LogP contribution is 2.40. The molecule has 0 amide bonds. The molecule has 1 aliphatic rings. The minimum absolute atomic E-state index is 0.0396. The van der Waals surface area contributed by atoms with E-state index in [0.717, 1.165) is 9.87 Å². The number of carbonyl (C=O) groups excluding carboxylic acids is 2. The van der Waals surface area contributed by atoms with Crippen molar-refractivity contribution in [3.63, 3.8) is 0 Å². The monoisotopic (exact) mass is 509 g/mol. The summed E-state index contributed by atoms with van der Waals surface area (Å²) in [5.74, 6) is -1.36. The van der Waals surface area contributed by atoms with Crippen LogP contribution < -0.4 is 0 Å². The molecule has 4 aromatic rings. The second-order valence-corrected chi connectivity index (χ2v) is 10.5. The fraction of sp³-hybridized carbons (Fsp3) is 0.0667. The van der Waals surface area contributed by atoms with Gasteiger partial charge in [0.15, 0.2) is 5.76 Å². The van der Waals surface area contributed by atoms with Crippen LogP contribution in [-0.2, 0) is 21.3 Å². The number of hydrogen-bond donors (Lipinski definition) is 0. The van der Waals surface area contributed by atoms with Crippen LogP contribution in [0, 0.1) is 6.92 Å². The highest BCUT2D eigenvalue weighted by Gasteiger charge is 2.41. The Hall–Kier alpha value is -4.49. The molecule has 0 saturated carbocycles. The molecule has 5 rings (SSSR count). The van der Waals surface area contributed by atoms with Crippen LogP contribution in [0.4, 0.5) is 0 Å². The van der Waals surface area contributed by atoms with Gasteiger partial charge in [-0.2, -0.15) is 0 Å². The molecule has 0 saturated heterocycles. The first-order valence-electron chi connectivity index (χ1n) is 11.7. The van der Waals surface area contributed by atoms with E-state index in [9.17, 15) is 18.0 Å². The summed E-state index contributed by atoms with van der Waals surface area (Å²) in [5, 5.41) is 0. The van der Waals surface area contributed by atoms with E-state index in [1.165, 1.54) is 6.07 Å². The van der Waals surface area contributed by atoms with E-state index in [1.54, 1.807) is 97.1 Å². The van der Waals surface area contributed by atoms with Crippen molar-refractivity contribution in [1.29, 1.82) is 0 Å². The van der Waals surface area contributed by atoms with Crippen molar-refractivity contribution >= 4 is 27.5 Å². The van der Waals surface area contributed by atoms with E-state index in [1.807, 2.05) is 13.0 Å². The molecule has 0 unspecified atom stereocenters. The normalized spacial score (nSPS) is 14.1. The van der Waals surface area contributed by atoms with Crippen molar-refractivity contribution in [3.05, 3.63) is 143 Å². The highest BCUT2D eigenvalue weighted by atomic mass is 32.2. The third-order valence-corrected chi connectivity index (χ3v) is 7.87. The van der Waals surface area contributed by atoms with Crippen molar-refractivity contribution in [2.45, 2.75) is 18.4 Å². The summed E-state index contributed by atoms with van der Waals surface area (Å²) in [4.78, 5) is 27.1. The predicted octanol–water partition coefficient (Wildman–Crippen LogP) is 5.61. The summed E-state index contributed by atoms with van der Waals surface area (Å²) in [6.07, 6.45) is 0. The molecule has 6 nitrogen and oxygen atoms in total. The van der Waals surface area contributed by atoms with Crippen LogP contribution in [0.3, 0.4) is 0 Å². The Bertz CT molecular complexity index is 1610. The summed E-state index contributed by atoms with van der Waals surface area (Å²) in [6.45, 7) is 1.79. The summed E-state index contributed by atoms with van der Waals surface area (Å²) in [7, 11) is -4.16. The van der Waals surface area contributed by atoms with Gasteiger partial charge in [0.25, 0.3) is 10.0 Å². The quantitative estimate of drug-likeness (QED) is 0.249. The van der Waals surface area contributed by atoms with Crippen LogP contribution in [0.2, 0.25) is 0 Å². The molecule has 0 bridgehead atoms. The lowest BCUT2D eigenvalue weighted by molar-refractivity contribution is 0.0685. The third kappa shape index (κ3) is 4.69. The number of nitrogens with zero attached hydrogens (tertiary/aromatic N) is 1. The SMILES string of the molecule is Cc1ccc(C(=O)OC2=C(C(=O)c3ccccc3)N(Cc3ccccc3)S(=O)(=O)c3ccccc32)cc1. The topological polar surface area (TPSA) is 80.8 Å². The number of Topliss-reactive ketones (excluding diaryl/α,β-unsaturated/α-hetero) is 1. The molecule has 0 fully saturated rings. The summed E-state index contributed by atoms with van der Waals surface area (Å²) >= 11 is 0. The number of hydrogen-bond acceptors (Lipinski definition) is 5. The van der Waals surface area contributed by atoms with Crippen LogP contribution >= 0.6 is 0 Å². The Kier molecular flexibility index (Phi) is 6.46. The summed E-state index contributed by atoms with van der Waals surface area (Å²) in [6, 6.07) is 30.4. The van der Waals surface area contributed by atoms with Gasteiger partial charge in [-0.25, -0.2) is 13.2 Å². The third-order valence-electron chi connectivity index (χ3n) is 6.07. The first kappa shape index (κ1) is 24.2. The van der Waals surface area contributed by atoms with Gasteiger partial charge in [-0.05, 0) is 36.8 Å². The largest absolute Gasteiger partial charge is 0.420 e. The van der Waals surface area contributed by atoms with E-state index in [0.29, 0.717) is 5.56 Å². The van der Waals surface area contributed by atoms with Gasteiger partial charge in [0.1, 0.15) is 5.70 Å². The van der Waals surface area contributed by atoms with Gasteiger partial charge < -0.3 is 4.74 Å². The Morgan fingerprint density at radius 2 is 1.32 bits per heavy atom. The van der Waals surface area contributed by atoms with Crippen LogP contribution in [0.5, 0.6) is 0 Å². The maximum atomic E-state index is 13.9. The Morgan fingerprint density at radius 3 is 2.00 bits per heavy atom. The molecule has 7 heteroatoms. The maximum absolute atomic E-state index is 13.9. The van der Waals surface area contributed by atoms with Gasteiger partial charge in [-0.3, -0.25) is 9.10 Å². The molecular formula is C30H23NO5S. The predicted molar refractivity (Wildman–Crippen MR) is 140 cm³/mol. The molecule has 0 N–H and O–H groups in total. The number of allylic oxidation sites excluding steroid dienone is 1. The second-order valence-electron chi connectivity index (χ2n) is 8.62. The van der Waals surface area contributed by atoms with Crippen molar-refractivity contribution in [2.75, 3.05) is 0 Å². The number of aryl methyl sites for hydroxylation is 1. The average Bonchev–Trinajstić information content (AvgIpc) is 2.92. The van der Waals surface area contributed by atoms with Gasteiger partial charge >= 0.3 is 5.97 Å². The number of ether oxygens (including phenoxy) is 1. The van der Waals surface area contributed by atoms with Crippen LogP contribution in [0.15, 0.2) is 120 Å². The lowest BCUT2D eigenvalue weighted by atomic mass is 10.0. The molecule has 4 aromatic carbocycles. The summed E-state index contributed by atoms with van der Waals surface area (Å²) in [5.41, 5.74) is 2.15. The molecule has 1 aliphatic heterocycles. The zero-order valence-corrected chi connectivity index (χ0v) is 20.8. The first-order chi connectivity index (χ1) is 17.9. The molecule has 0 aliphatic carbocycles. The fourth-order valence-corrected chi connectivity index (χ4v) is 5.81. The molecule has 0 aromatic heterocycles. The standard InChI is InChI=1S/C30H23NO5S/c1-21-16-18-24(19-17-21)30(33)36-29-25-14-8-9-15-26(25)37(34,35)31(20-22-10-4-2-5-11-22)27(29)28(32)23-12-6-3-7-13-23/h2-19H,20H2,1H3. The van der Waals surface area contributed by atoms with E-state index in [4.69, 9.17) is 4.74 Å². The Morgan fingerprint density at radius 1 is 0.730 bits per heavy atom. The van der Waals surface area contributed by atoms with Crippen molar-refractivity contribution in [3.8, 4) is 0 Å². The lowest BCUT2D eigenvalue weighted by Gasteiger charge is -2.33. The zero-order chi connectivity index (χ0) is 26.0. The fourth-order valence-electron chi connectivity index (χ4n) is 4.16. The lowest BCUT2D eigenvalue weighted by Crippen LogP contribution is -2.38. The molecule has 0 spiro atoms. The summed E-state index contributed by atoms with van der Waals surface area (Å²) < 4.78 is 34.7. The molecular weight excluding hydrogens is 486 g/mol. The minimum Gasteiger partial charge on any atom is -0.420 e. The van der Waals surface area contributed by atoms with Gasteiger partial charge in [0, 0.05) is 11.1 Å². The number of fused-ring (bicyclic) bond motifs is 1. The van der Waals surface area contributed by atoms with Crippen molar-refractivity contribution < 1.29 is 22.7 Å². The minimum atomic E-state index is -4.16. The number of esters is 1. The number of benzene rings is 4.